The molecule has 0 spiro atoms. The maximum absolute atomic E-state index is 11.1. The molecule has 0 saturated heterocycles. The number of hydrogen-bond donors (Lipinski definition) is 2. The standard InChI is InChI=1S/C10H10N4O3S/c1-5(10(11)15)13-6-2-3-7-8(12-4-18-7)9(6)14(16)17/h2-5,13H,1H3,(H2,11,15). The highest BCUT2D eigenvalue weighted by molar-refractivity contribution is 7.16. The Kier molecular flexibility index (Phi) is 3.11. The van der Waals surface area contributed by atoms with E-state index in [1.165, 1.54) is 18.3 Å². The molecule has 1 amide bonds. The highest BCUT2D eigenvalue weighted by Gasteiger charge is 2.22. The molecule has 18 heavy (non-hydrogen) atoms. The van der Waals surface area contributed by atoms with Gasteiger partial charge in [0.15, 0.2) is 5.52 Å². The van der Waals surface area contributed by atoms with Gasteiger partial charge < -0.3 is 11.1 Å². The van der Waals surface area contributed by atoms with Crippen LogP contribution in [0.25, 0.3) is 10.2 Å². The number of fused-ring (bicyclic) bond motifs is 1. The molecule has 8 heteroatoms. The number of rotatable bonds is 4. The largest absolute Gasteiger partial charge is 0.368 e. The lowest BCUT2D eigenvalue weighted by atomic mass is 10.2. The average molecular weight is 266 g/mol. The van der Waals surface area contributed by atoms with Crippen molar-refractivity contribution in [2.75, 3.05) is 5.32 Å². The number of amides is 1. The summed E-state index contributed by atoms with van der Waals surface area (Å²) in [5.74, 6) is -0.581. The molecule has 1 aromatic heterocycles. The summed E-state index contributed by atoms with van der Waals surface area (Å²) in [6, 6.07) is 2.58. The topological polar surface area (TPSA) is 111 Å². The van der Waals surface area contributed by atoms with Crippen LogP contribution < -0.4 is 11.1 Å². The van der Waals surface area contributed by atoms with Crippen LogP contribution in [0.2, 0.25) is 0 Å². The van der Waals surface area contributed by atoms with Gasteiger partial charge in [0.25, 0.3) is 0 Å². The zero-order chi connectivity index (χ0) is 13.3. The number of thiazole rings is 1. The summed E-state index contributed by atoms with van der Waals surface area (Å²) in [5.41, 5.74) is 7.07. The number of nitrogens with one attached hydrogen (secondary N) is 1. The van der Waals surface area contributed by atoms with Gasteiger partial charge in [-0.2, -0.15) is 0 Å². The minimum atomic E-state index is -0.695. The molecule has 0 aliphatic rings. The Morgan fingerprint density at radius 2 is 2.33 bits per heavy atom. The first-order chi connectivity index (χ1) is 8.50. The van der Waals surface area contributed by atoms with Crippen LogP contribution in [0.1, 0.15) is 6.92 Å². The molecule has 0 aliphatic carbocycles. The second-order valence-corrected chi connectivity index (χ2v) is 4.57. The van der Waals surface area contributed by atoms with Gasteiger partial charge in [-0.05, 0) is 19.1 Å². The molecule has 7 nitrogen and oxygen atoms in total. The number of hydrogen-bond acceptors (Lipinski definition) is 6. The maximum atomic E-state index is 11.1. The number of nitro benzene ring substituents is 1. The second-order valence-electron chi connectivity index (χ2n) is 3.69. The fourth-order valence-electron chi connectivity index (χ4n) is 1.52. The van der Waals surface area contributed by atoms with Crippen molar-refractivity contribution >= 4 is 38.8 Å². The molecule has 1 unspecified atom stereocenters. The van der Waals surface area contributed by atoms with Crippen molar-refractivity contribution in [3.8, 4) is 0 Å². The molecule has 0 radical (unpaired) electrons. The Labute approximate surface area is 106 Å². The summed E-state index contributed by atoms with van der Waals surface area (Å²) in [5, 5.41) is 13.8. The monoisotopic (exact) mass is 266 g/mol. The Balaban J connectivity index is 2.52. The predicted molar refractivity (Wildman–Crippen MR) is 68.6 cm³/mol. The lowest BCUT2D eigenvalue weighted by molar-refractivity contribution is -0.382. The summed E-state index contributed by atoms with van der Waals surface area (Å²) in [7, 11) is 0. The van der Waals surface area contributed by atoms with E-state index in [0.29, 0.717) is 5.52 Å². The molecule has 94 valence electrons. The SMILES string of the molecule is CC(Nc1ccc2scnc2c1[N+](=O)[O-])C(N)=O. The molecule has 0 fully saturated rings. The Bertz CT molecular complexity index is 625. The first kappa shape index (κ1) is 12.2. The van der Waals surface area contributed by atoms with Gasteiger partial charge in [-0.3, -0.25) is 14.9 Å². The van der Waals surface area contributed by atoms with Gasteiger partial charge in [0.1, 0.15) is 11.7 Å². The van der Waals surface area contributed by atoms with E-state index in [2.05, 4.69) is 10.3 Å². The molecule has 1 heterocycles. The van der Waals surface area contributed by atoms with Crippen molar-refractivity contribution in [1.29, 1.82) is 0 Å². The quantitative estimate of drug-likeness (QED) is 0.643. The van der Waals surface area contributed by atoms with E-state index in [1.54, 1.807) is 17.6 Å². The maximum Gasteiger partial charge on any atom is 0.319 e. The summed E-state index contributed by atoms with van der Waals surface area (Å²) >= 11 is 1.32. The number of carbonyl (C=O) groups is 1. The summed E-state index contributed by atoms with van der Waals surface area (Å²) in [6.07, 6.45) is 0. The summed E-state index contributed by atoms with van der Waals surface area (Å²) in [4.78, 5) is 25.5. The Morgan fingerprint density at radius 3 is 2.94 bits per heavy atom. The van der Waals surface area contributed by atoms with Crippen LogP contribution in [0, 0.1) is 10.1 Å². The van der Waals surface area contributed by atoms with Gasteiger partial charge in [-0.1, -0.05) is 0 Å². The van der Waals surface area contributed by atoms with Gasteiger partial charge in [0, 0.05) is 0 Å². The molecule has 1 aromatic carbocycles. The fraction of sp³-hybridized carbons (Fsp3) is 0.200. The number of anilines is 1. The van der Waals surface area contributed by atoms with Crippen molar-refractivity contribution in [2.45, 2.75) is 13.0 Å². The smallest absolute Gasteiger partial charge is 0.319 e. The van der Waals surface area contributed by atoms with Crippen LogP contribution in [0.3, 0.4) is 0 Å². The van der Waals surface area contributed by atoms with Crippen molar-refractivity contribution in [3.05, 3.63) is 27.8 Å². The van der Waals surface area contributed by atoms with Crippen LogP contribution in [-0.2, 0) is 4.79 Å². The number of nitro groups is 1. The van der Waals surface area contributed by atoms with Gasteiger partial charge in [-0.25, -0.2) is 4.98 Å². The van der Waals surface area contributed by atoms with Crippen LogP contribution in [0.15, 0.2) is 17.6 Å². The number of benzene rings is 1. The van der Waals surface area contributed by atoms with E-state index in [9.17, 15) is 14.9 Å². The highest BCUT2D eigenvalue weighted by Crippen LogP contribution is 2.34. The lowest BCUT2D eigenvalue weighted by Gasteiger charge is -2.11. The van der Waals surface area contributed by atoms with Crippen molar-refractivity contribution in [1.82, 2.24) is 4.98 Å². The zero-order valence-electron chi connectivity index (χ0n) is 9.41. The van der Waals surface area contributed by atoms with Gasteiger partial charge in [0.2, 0.25) is 5.91 Å². The normalized spacial score (nSPS) is 12.3. The first-order valence-corrected chi connectivity index (χ1v) is 5.95. The number of nitrogens with two attached hydrogens (primary N) is 1. The lowest BCUT2D eigenvalue weighted by Crippen LogP contribution is -2.32. The van der Waals surface area contributed by atoms with Gasteiger partial charge in [-0.15, -0.1) is 11.3 Å². The third kappa shape index (κ3) is 2.09. The number of aromatic nitrogens is 1. The van der Waals surface area contributed by atoms with E-state index in [4.69, 9.17) is 5.73 Å². The molecule has 0 bridgehead atoms. The Morgan fingerprint density at radius 1 is 1.61 bits per heavy atom. The number of primary amides is 1. The van der Waals surface area contributed by atoms with E-state index >= 15 is 0 Å². The predicted octanol–water partition coefficient (Wildman–Crippen LogP) is 1.49. The molecule has 2 aromatic rings. The molecular formula is C10H10N4O3S. The van der Waals surface area contributed by atoms with Gasteiger partial charge in [0.05, 0.1) is 15.1 Å². The molecule has 0 saturated carbocycles. The third-order valence-corrected chi connectivity index (χ3v) is 3.25. The minimum absolute atomic E-state index is 0.137. The molecule has 3 N–H and O–H groups in total. The van der Waals surface area contributed by atoms with Crippen LogP contribution in [0.5, 0.6) is 0 Å². The fourth-order valence-corrected chi connectivity index (χ4v) is 2.20. The number of nitrogens with zero attached hydrogens (tertiary/aromatic N) is 2. The molecule has 2 rings (SSSR count). The van der Waals surface area contributed by atoms with Crippen molar-refractivity contribution in [3.63, 3.8) is 0 Å². The first-order valence-electron chi connectivity index (χ1n) is 5.07. The average Bonchev–Trinajstić information content (AvgIpc) is 2.75. The van der Waals surface area contributed by atoms with Crippen molar-refractivity contribution in [2.24, 2.45) is 5.73 Å². The molecular weight excluding hydrogens is 256 g/mol. The summed E-state index contributed by atoms with van der Waals surface area (Å²) in [6.45, 7) is 1.54. The van der Waals surface area contributed by atoms with Crippen molar-refractivity contribution < 1.29 is 9.72 Å². The van der Waals surface area contributed by atoms with Crippen LogP contribution in [-0.4, -0.2) is 21.9 Å². The minimum Gasteiger partial charge on any atom is -0.368 e. The summed E-state index contributed by atoms with van der Waals surface area (Å²) < 4.78 is 0.721. The molecule has 1 atom stereocenters. The second kappa shape index (κ2) is 4.57. The van der Waals surface area contributed by atoms with E-state index < -0.39 is 16.9 Å². The van der Waals surface area contributed by atoms with E-state index in [0.717, 1.165) is 4.70 Å². The van der Waals surface area contributed by atoms with E-state index in [-0.39, 0.29) is 11.4 Å². The van der Waals surface area contributed by atoms with Crippen LogP contribution in [0.4, 0.5) is 11.4 Å². The molecule has 0 aliphatic heterocycles. The number of carbonyl (C=O) groups excluding carboxylic acids is 1. The highest BCUT2D eigenvalue weighted by atomic mass is 32.1. The van der Waals surface area contributed by atoms with Gasteiger partial charge >= 0.3 is 5.69 Å². The third-order valence-electron chi connectivity index (χ3n) is 2.46. The van der Waals surface area contributed by atoms with E-state index in [1.807, 2.05) is 0 Å². The zero-order valence-corrected chi connectivity index (χ0v) is 10.2. The van der Waals surface area contributed by atoms with Crippen LogP contribution >= 0.6 is 11.3 Å². The Hall–Kier alpha value is -2.22.